The number of rotatable bonds is 5. The standard InChI is InChI=1S/C27H27F2N5O2/c1-17-10-22(28)23(32-26(35)18-11-20(15-30-14-18)27(2,3)29)13-21(17)19-12-24(33-6-8-36-9-7-33)25-31-4-5-34(25)16-19/h4-5,10-16H,6-9H2,1-3H3,(H,32,35). The maximum absolute atomic E-state index is 14.9. The minimum absolute atomic E-state index is 0.0316. The van der Waals surface area contributed by atoms with Crippen LogP contribution >= 0.6 is 0 Å². The lowest BCUT2D eigenvalue weighted by Gasteiger charge is -2.29. The molecule has 0 atom stereocenters. The van der Waals surface area contributed by atoms with Crippen molar-refractivity contribution in [3.05, 3.63) is 77.8 Å². The maximum atomic E-state index is 14.9. The maximum Gasteiger partial charge on any atom is 0.257 e. The van der Waals surface area contributed by atoms with Gasteiger partial charge in [0.2, 0.25) is 0 Å². The highest BCUT2D eigenvalue weighted by Gasteiger charge is 2.22. The number of carbonyl (C=O) groups excluding carboxylic acids is 1. The molecule has 7 nitrogen and oxygen atoms in total. The van der Waals surface area contributed by atoms with Gasteiger partial charge in [-0.05, 0) is 56.2 Å². The molecule has 1 fully saturated rings. The van der Waals surface area contributed by atoms with Crippen LogP contribution < -0.4 is 10.2 Å². The average Bonchev–Trinajstić information content (AvgIpc) is 3.34. The summed E-state index contributed by atoms with van der Waals surface area (Å²) in [4.78, 5) is 23.6. The number of aryl methyl sites for hydroxylation is 1. The fourth-order valence-corrected chi connectivity index (χ4v) is 4.36. The molecule has 1 aliphatic heterocycles. The van der Waals surface area contributed by atoms with Gasteiger partial charge in [-0.1, -0.05) is 0 Å². The molecule has 0 aliphatic carbocycles. The number of halogens is 2. The summed E-state index contributed by atoms with van der Waals surface area (Å²) >= 11 is 0. The van der Waals surface area contributed by atoms with Crippen LogP contribution in [0.15, 0.2) is 55.2 Å². The number of alkyl halides is 1. The molecule has 0 radical (unpaired) electrons. The van der Waals surface area contributed by atoms with Gasteiger partial charge in [0.1, 0.15) is 11.5 Å². The van der Waals surface area contributed by atoms with E-state index in [1.807, 2.05) is 29.8 Å². The van der Waals surface area contributed by atoms with Gasteiger partial charge in [0, 0.05) is 55.2 Å². The predicted octanol–water partition coefficient (Wildman–Crippen LogP) is 5.14. The molecular weight excluding hydrogens is 464 g/mol. The predicted molar refractivity (Wildman–Crippen MR) is 135 cm³/mol. The molecule has 4 aromatic rings. The molecule has 1 aliphatic rings. The number of aromatic nitrogens is 3. The summed E-state index contributed by atoms with van der Waals surface area (Å²) < 4.78 is 36.7. The minimum atomic E-state index is -1.66. The zero-order chi connectivity index (χ0) is 25.4. The smallest absolute Gasteiger partial charge is 0.257 e. The number of nitrogens with zero attached hydrogens (tertiary/aromatic N) is 4. The molecule has 0 bridgehead atoms. The van der Waals surface area contributed by atoms with E-state index in [0.29, 0.717) is 13.2 Å². The van der Waals surface area contributed by atoms with Gasteiger partial charge in [-0.15, -0.1) is 0 Å². The van der Waals surface area contributed by atoms with E-state index in [4.69, 9.17) is 4.74 Å². The van der Waals surface area contributed by atoms with Crippen LogP contribution in [0.5, 0.6) is 0 Å². The van der Waals surface area contributed by atoms with Crippen LogP contribution in [-0.2, 0) is 10.4 Å². The van der Waals surface area contributed by atoms with Crippen LogP contribution in [0.4, 0.5) is 20.2 Å². The lowest BCUT2D eigenvalue weighted by molar-refractivity contribution is 0.102. The van der Waals surface area contributed by atoms with Crippen LogP contribution in [0.1, 0.15) is 35.3 Å². The molecule has 3 aromatic heterocycles. The van der Waals surface area contributed by atoms with Gasteiger partial charge in [0.25, 0.3) is 5.91 Å². The Morgan fingerprint density at radius 3 is 2.67 bits per heavy atom. The van der Waals surface area contributed by atoms with Crippen molar-refractivity contribution >= 4 is 22.9 Å². The number of imidazole rings is 1. The van der Waals surface area contributed by atoms with Crippen molar-refractivity contribution in [1.29, 1.82) is 0 Å². The molecule has 0 saturated carbocycles. The molecule has 0 spiro atoms. The quantitative estimate of drug-likeness (QED) is 0.419. The van der Waals surface area contributed by atoms with Crippen molar-refractivity contribution in [1.82, 2.24) is 14.4 Å². The number of benzene rings is 1. The normalized spacial score (nSPS) is 14.3. The zero-order valence-corrected chi connectivity index (χ0v) is 20.4. The second-order valence-electron chi connectivity index (χ2n) is 9.41. The molecule has 5 rings (SSSR count). The lowest BCUT2D eigenvalue weighted by atomic mass is 9.99. The monoisotopic (exact) mass is 491 g/mol. The summed E-state index contributed by atoms with van der Waals surface area (Å²) in [5.74, 6) is -1.13. The number of carbonyl (C=O) groups is 1. The highest BCUT2D eigenvalue weighted by Crippen LogP contribution is 2.33. The zero-order valence-electron chi connectivity index (χ0n) is 20.4. The number of anilines is 2. The molecule has 1 N–H and O–H groups in total. The molecule has 36 heavy (non-hydrogen) atoms. The first-order chi connectivity index (χ1) is 17.2. The molecule has 186 valence electrons. The molecular formula is C27H27F2N5O2. The Morgan fingerprint density at radius 1 is 1.14 bits per heavy atom. The first kappa shape index (κ1) is 23.9. The van der Waals surface area contributed by atoms with Crippen molar-refractivity contribution in [3.8, 4) is 11.1 Å². The van der Waals surface area contributed by atoms with Gasteiger partial charge in [0.15, 0.2) is 5.65 Å². The summed E-state index contributed by atoms with van der Waals surface area (Å²) in [6.07, 6.45) is 8.26. The first-order valence-electron chi connectivity index (χ1n) is 11.8. The Hall–Kier alpha value is -3.85. The van der Waals surface area contributed by atoms with Crippen LogP contribution in [0.25, 0.3) is 16.8 Å². The Kier molecular flexibility index (Phi) is 6.17. The number of amides is 1. The van der Waals surface area contributed by atoms with Gasteiger partial charge in [-0.3, -0.25) is 9.78 Å². The van der Waals surface area contributed by atoms with E-state index < -0.39 is 17.4 Å². The van der Waals surface area contributed by atoms with E-state index >= 15 is 0 Å². The van der Waals surface area contributed by atoms with Gasteiger partial charge >= 0.3 is 0 Å². The second-order valence-corrected chi connectivity index (χ2v) is 9.41. The number of hydrogen-bond donors (Lipinski definition) is 1. The van der Waals surface area contributed by atoms with Gasteiger partial charge in [-0.25, -0.2) is 13.8 Å². The van der Waals surface area contributed by atoms with Gasteiger partial charge < -0.3 is 19.4 Å². The first-order valence-corrected chi connectivity index (χ1v) is 11.8. The Morgan fingerprint density at radius 2 is 1.92 bits per heavy atom. The van der Waals surface area contributed by atoms with Crippen molar-refractivity contribution < 1.29 is 18.3 Å². The molecule has 9 heteroatoms. The lowest BCUT2D eigenvalue weighted by Crippen LogP contribution is -2.36. The van der Waals surface area contributed by atoms with E-state index in [1.165, 1.54) is 38.4 Å². The largest absolute Gasteiger partial charge is 0.378 e. The number of nitrogens with one attached hydrogen (secondary N) is 1. The van der Waals surface area contributed by atoms with Crippen molar-refractivity contribution in [2.45, 2.75) is 26.4 Å². The van der Waals surface area contributed by atoms with Crippen molar-refractivity contribution in [3.63, 3.8) is 0 Å². The Labute approximate surface area is 207 Å². The third kappa shape index (κ3) is 4.66. The van der Waals surface area contributed by atoms with Gasteiger partial charge in [0.05, 0.1) is 30.2 Å². The molecule has 1 saturated heterocycles. The third-order valence-electron chi connectivity index (χ3n) is 6.38. The van der Waals surface area contributed by atoms with E-state index in [2.05, 4.69) is 20.2 Å². The van der Waals surface area contributed by atoms with Crippen LogP contribution in [-0.4, -0.2) is 46.6 Å². The fraction of sp³-hybridized carbons (Fsp3) is 0.296. The average molecular weight is 492 g/mol. The van der Waals surface area contributed by atoms with Gasteiger partial charge in [-0.2, -0.15) is 0 Å². The molecule has 1 amide bonds. The molecule has 4 heterocycles. The SMILES string of the molecule is Cc1cc(F)c(NC(=O)c2cncc(C(C)(C)F)c2)cc1-c1cc(N2CCOCC2)c2nccn2c1. The van der Waals surface area contributed by atoms with Crippen molar-refractivity contribution in [2.75, 3.05) is 36.5 Å². The fourth-order valence-electron chi connectivity index (χ4n) is 4.36. The summed E-state index contributed by atoms with van der Waals surface area (Å²) in [7, 11) is 0. The number of hydrogen-bond acceptors (Lipinski definition) is 5. The van der Waals surface area contributed by atoms with E-state index in [-0.39, 0.29) is 16.8 Å². The van der Waals surface area contributed by atoms with Crippen molar-refractivity contribution in [2.24, 2.45) is 0 Å². The van der Waals surface area contributed by atoms with E-state index in [0.717, 1.165) is 41.1 Å². The third-order valence-corrected chi connectivity index (χ3v) is 6.38. The van der Waals surface area contributed by atoms with Crippen LogP contribution in [0.2, 0.25) is 0 Å². The summed E-state index contributed by atoms with van der Waals surface area (Å²) in [5, 5.41) is 2.63. The number of pyridine rings is 2. The topological polar surface area (TPSA) is 71.8 Å². The minimum Gasteiger partial charge on any atom is -0.378 e. The second kappa shape index (κ2) is 9.31. The number of morpholine rings is 1. The van der Waals surface area contributed by atoms with E-state index in [9.17, 15) is 13.6 Å². The number of ether oxygens (including phenoxy) is 1. The van der Waals surface area contributed by atoms with E-state index in [1.54, 1.807) is 12.3 Å². The Bertz CT molecular complexity index is 1440. The summed E-state index contributed by atoms with van der Waals surface area (Å²) in [6, 6.07) is 6.49. The number of fused-ring (bicyclic) bond motifs is 1. The summed E-state index contributed by atoms with van der Waals surface area (Å²) in [5.41, 5.74) is 2.94. The highest BCUT2D eigenvalue weighted by molar-refractivity contribution is 6.04. The molecule has 1 aromatic carbocycles. The Balaban J connectivity index is 1.51. The summed E-state index contributed by atoms with van der Waals surface area (Å²) in [6.45, 7) is 7.38. The van der Waals surface area contributed by atoms with Crippen LogP contribution in [0, 0.1) is 12.7 Å². The van der Waals surface area contributed by atoms with Crippen LogP contribution in [0.3, 0.4) is 0 Å². The molecule has 0 unspecified atom stereocenters. The highest BCUT2D eigenvalue weighted by atomic mass is 19.1.